The van der Waals surface area contributed by atoms with Gasteiger partial charge in [-0.1, -0.05) is 0 Å². The van der Waals surface area contributed by atoms with Crippen LogP contribution in [0.15, 0.2) is 0 Å². The molecule has 88 valence electrons. The van der Waals surface area contributed by atoms with Gasteiger partial charge >= 0.3 is 5.97 Å². The molecular formula is C10H19NO4. The lowest BCUT2D eigenvalue weighted by Gasteiger charge is -2.13. The zero-order valence-corrected chi connectivity index (χ0v) is 9.07. The van der Waals surface area contributed by atoms with Crippen LogP contribution >= 0.6 is 0 Å². The standard InChI is InChI=1S/C10H19NO4/c1-14-7-9(10(12)13)11-4-5-15-6-8-2-3-8/h8-9,11H,2-7H2,1H3,(H,12,13). The van der Waals surface area contributed by atoms with Crippen LogP contribution in [0.4, 0.5) is 0 Å². The van der Waals surface area contributed by atoms with E-state index in [1.54, 1.807) is 0 Å². The number of carboxylic acids is 1. The third-order valence-corrected chi connectivity index (χ3v) is 2.32. The number of ether oxygens (including phenoxy) is 2. The topological polar surface area (TPSA) is 67.8 Å². The minimum absolute atomic E-state index is 0.179. The molecule has 1 aliphatic rings. The third kappa shape index (κ3) is 5.71. The SMILES string of the molecule is COCC(NCCOCC1CC1)C(=O)O. The maximum Gasteiger partial charge on any atom is 0.323 e. The zero-order valence-electron chi connectivity index (χ0n) is 9.07. The lowest BCUT2D eigenvalue weighted by atomic mass is 10.3. The Morgan fingerprint density at radius 1 is 1.60 bits per heavy atom. The molecule has 2 N–H and O–H groups in total. The molecule has 5 nitrogen and oxygen atoms in total. The van der Waals surface area contributed by atoms with E-state index in [2.05, 4.69) is 5.32 Å². The van der Waals surface area contributed by atoms with Gasteiger partial charge in [-0.15, -0.1) is 0 Å². The average molecular weight is 217 g/mol. The lowest BCUT2D eigenvalue weighted by molar-refractivity contribution is -0.140. The molecule has 1 rings (SSSR count). The summed E-state index contributed by atoms with van der Waals surface area (Å²) in [5.41, 5.74) is 0. The molecule has 0 heterocycles. The Kier molecular flexibility index (Phi) is 5.60. The Hall–Kier alpha value is -0.650. The predicted octanol–water partition coefficient (Wildman–Crippen LogP) is 0.102. The number of hydrogen-bond donors (Lipinski definition) is 2. The first-order valence-corrected chi connectivity index (χ1v) is 5.27. The van der Waals surface area contributed by atoms with Gasteiger partial charge in [0, 0.05) is 20.3 Å². The summed E-state index contributed by atoms with van der Waals surface area (Å²) in [4.78, 5) is 10.7. The molecule has 5 heteroatoms. The number of carboxylic acid groups (broad SMARTS) is 1. The normalized spacial score (nSPS) is 17.7. The van der Waals surface area contributed by atoms with Crippen molar-refractivity contribution in [2.24, 2.45) is 5.92 Å². The van der Waals surface area contributed by atoms with Gasteiger partial charge < -0.3 is 19.9 Å². The van der Waals surface area contributed by atoms with E-state index in [0.717, 1.165) is 12.5 Å². The third-order valence-electron chi connectivity index (χ3n) is 2.32. The second kappa shape index (κ2) is 6.76. The Bertz CT molecular complexity index is 194. The second-order valence-electron chi connectivity index (χ2n) is 3.82. The van der Waals surface area contributed by atoms with Crippen molar-refractivity contribution in [2.75, 3.05) is 33.5 Å². The highest BCUT2D eigenvalue weighted by Crippen LogP contribution is 2.28. The van der Waals surface area contributed by atoms with E-state index in [1.807, 2.05) is 0 Å². The van der Waals surface area contributed by atoms with Crippen LogP contribution in [-0.4, -0.2) is 50.6 Å². The quantitative estimate of drug-likeness (QED) is 0.536. The van der Waals surface area contributed by atoms with Crippen LogP contribution in [0.3, 0.4) is 0 Å². The van der Waals surface area contributed by atoms with E-state index >= 15 is 0 Å². The van der Waals surface area contributed by atoms with Crippen molar-refractivity contribution >= 4 is 5.97 Å². The number of methoxy groups -OCH3 is 1. The molecule has 1 unspecified atom stereocenters. The number of hydrogen-bond acceptors (Lipinski definition) is 4. The molecule has 1 aliphatic carbocycles. The molecule has 0 aliphatic heterocycles. The molecule has 0 radical (unpaired) electrons. The van der Waals surface area contributed by atoms with Crippen LogP contribution in [0.5, 0.6) is 0 Å². The number of rotatable bonds is 9. The Morgan fingerprint density at radius 3 is 2.87 bits per heavy atom. The van der Waals surface area contributed by atoms with Crippen molar-refractivity contribution in [1.29, 1.82) is 0 Å². The highest BCUT2D eigenvalue weighted by Gasteiger charge is 2.21. The van der Waals surface area contributed by atoms with Gasteiger partial charge in [0.25, 0.3) is 0 Å². The van der Waals surface area contributed by atoms with Gasteiger partial charge in [-0.2, -0.15) is 0 Å². The summed E-state index contributed by atoms with van der Waals surface area (Å²) in [6, 6.07) is -0.639. The minimum atomic E-state index is -0.890. The molecule has 0 amide bonds. The molecule has 0 saturated heterocycles. The molecule has 1 saturated carbocycles. The van der Waals surface area contributed by atoms with Gasteiger partial charge in [-0.3, -0.25) is 4.79 Å². The van der Waals surface area contributed by atoms with Crippen molar-refractivity contribution in [2.45, 2.75) is 18.9 Å². The van der Waals surface area contributed by atoms with E-state index in [4.69, 9.17) is 14.6 Å². The van der Waals surface area contributed by atoms with Crippen LogP contribution in [0.25, 0.3) is 0 Å². The van der Waals surface area contributed by atoms with Gasteiger partial charge in [-0.25, -0.2) is 0 Å². The van der Waals surface area contributed by atoms with E-state index in [9.17, 15) is 4.79 Å². The number of nitrogens with one attached hydrogen (secondary N) is 1. The smallest absolute Gasteiger partial charge is 0.323 e. The fourth-order valence-electron chi connectivity index (χ4n) is 1.22. The molecule has 1 atom stereocenters. The lowest BCUT2D eigenvalue weighted by Crippen LogP contribution is -2.41. The van der Waals surface area contributed by atoms with Gasteiger partial charge in [-0.05, 0) is 18.8 Å². The van der Waals surface area contributed by atoms with Crippen molar-refractivity contribution in [3.63, 3.8) is 0 Å². The first kappa shape index (κ1) is 12.4. The van der Waals surface area contributed by atoms with E-state index in [0.29, 0.717) is 13.2 Å². The molecule has 0 bridgehead atoms. The van der Waals surface area contributed by atoms with Crippen LogP contribution < -0.4 is 5.32 Å². The predicted molar refractivity (Wildman–Crippen MR) is 54.8 cm³/mol. The van der Waals surface area contributed by atoms with Crippen molar-refractivity contribution in [1.82, 2.24) is 5.32 Å². The van der Waals surface area contributed by atoms with E-state index in [1.165, 1.54) is 20.0 Å². The summed E-state index contributed by atoms with van der Waals surface area (Å²) in [6.45, 7) is 2.10. The molecular weight excluding hydrogens is 198 g/mol. The van der Waals surface area contributed by atoms with E-state index < -0.39 is 12.0 Å². The van der Waals surface area contributed by atoms with Crippen molar-refractivity contribution in [3.8, 4) is 0 Å². The Morgan fingerprint density at radius 2 is 2.33 bits per heavy atom. The first-order chi connectivity index (χ1) is 7.24. The molecule has 0 spiro atoms. The molecule has 0 aromatic heterocycles. The zero-order chi connectivity index (χ0) is 11.1. The maximum absolute atomic E-state index is 10.7. The summed E-state index contributed by atoms with van der Waals surface area (Å²) in [5, 5.41) is 11.6. The van der Waals surface area contributed by atoms with Crippen molar-refractivity contribution in [3.05, 3.63) is 0 Å². The first-order valence-electron chi connectivity index (χ1n) is 5.27. The molecule has 15 heavy (non-hydrogen) atoms. The van der Waals surface area contributed by atoms with Crippen LogP contribution in [0.2, 0.25) is 0 Å². The van der Waals surface area contributed by atoms with E-state index in [-0.39, 0.29) is 6.61 Å². The fraction of sp³-hybridized carbons (Fsp3) is 0.900. The highest BCUT2D eigenvalue weighted by molar-refractivity contribution is 5.73. The van der Waals surface area contributed by atoms with Crippen LogP contribution in [0.1, 0.15) is 12.8 Å². The molecule has 0 aromatic rings. The highest BCUT2D eigenvalue weighted by atomic mass is 16.5. The van der Waals surface area contributed by atoms with Gasteiger partial charge in [0.05, 0.1) is 13.2 Å². The summed E-state index contributed by atoms with van der Waals surface area (Å²) in [5.74, 6) is -0.140. The second-order valence-corrected chi connectivity index (χ2v) is 3.82. The monoisotopic (exact) mass is 217 g/mol. The summed E-state index contributed by atoms with van der Waals surface area (Å²) in [7, 11) is 1.49. The number of aliphatic carboxylic acids is 1. The molecule has 0 aromatic carbocycles. The number of carbonyl (C=O) groups is 1. The average Bonchev–Trinajstić information content (AvgIpc) is 2.99. The largest absolute Gasteiger partial charge is 0.480 e. The van der Waals surface area contributed by atoms with Crippen molar-refractivity contribution < 1.29 is 19.4 Å². The van der Waals surface area contributed by atoms with Gasteiger partial charge in [0.1, 0.15) is 6.04 Å². The molecule has 1 fully saturated rings. The van der Waals surface area contributed by atoms with Gasteiger partial charge in [0.15, 0.2) is 0 Å². The fourth-order valence-corrected chi connectivity index (χ4v) is 1.22. The minimum Gasteiger partial charge on any atom is -0.480 e. The Labute approximate surface area is 89.8 Å². The summed E-state index contributed by atoms with van der Waals surface area (Å²) < 4.78 is 10.2. The maximum atomic E-state index is 10.7. The Balaban J connectivity index is 1.96. The summed E-state index contributed by atoms with van der Waals surface area (Å²) in [6.07, 6.45) is 2.55. The van der Waals surface area contributed by atoms with Crippen LogP contribution in [-0.2, 0) is 14.3 Å². The van der Waals surface area contributed by atoms with Gasteiger partial charge in [0.2, 0.25) is 0 Å². The van der Waals surface area contributed by atoms with Crippen LogP contribution in [0, 0.1) is 5.92 Å². The summed E-state index contributed by atoms with van der Waals surface area (Å²) >= 11 is 0.